The summed E-state index contributed by atoms with van der Waals surface area (Å²) in [7, 11) is -3.40. The number of hydrogen-bond acceptors (Lipinski definition) is 4. The molecule has 5 nitrogen and oxygen atoms in total. The van der Waals surface area contributed by atoms with Crippen molar-refractivity contribution in [2.45, 2.75) is 6.92 Å². The topological polar surface area (TPSA) is 75.8 Å². The quantitative estimate of drug-likeness (QED) is 0.870. The van der Waals surface area contributed by atoms with Gasteiger partial charge in [-0.1, -0.05) is 17.7 Å². The first kappa shape index (κ1) is 13.6. The summed E-state index contributed by atoms with van der Waals surface area (Å²) < 4.78 is 24.2. The molecule has 0 amide bonds. The Balaban J connectivity index is 2.48. The largest absolute Gasteiger partial charge is 0.253 e. The summed E-state index contributed by atoms with van der Waals surface area (Å²) in [5.74, 6) is -0.0325. The molecule has 0 aliphatic heterocycles. The molecule has 1 heterocycles. The van der Waals surface area contributed by atoms with Crippen LogP contribution in [0.3, 0.4) is 0 Å². The van der Waals surface area contributed by atoms with Crippen LogP contribution >= 0.6 is 11.6 Å². The van der Waals surface area contributed by atoms with Gasteiger partial charge >= 0.3 is 0 Å². The van der Waals surface area contributed by atoms with E-state index in [-0.39, 0.29) is 5.75 Å². The molecule has 0 saturated carbocycles. The van der Waals surface area contributed by atoms with E-state index in [1.165, 1.54) is 18.5 Å². The number of aromatic nitrogens is 2. The molecule has 0 unspecified atom stereocenters. The van der Waals surface area contributed by atoms with Crippen LogP contribution in [0.1, 0.15) is 12.5 Å². The fourth-order valence-electron chi connectivity index (χ4n) is 1.55. The van der Waals surface area contributed by atoms with Crippen LogP contribution in [0.15, 0.2) is 30.6 Å². The van der Waals surface area contributed by atoms with E-state index in [2.05, 4.69) is 5.10 Å². The molecule has 0 saturated heterocycles. The van der Waals surface area contributed by atoms with E-state index < -0.39 is 10.0 Å². The lowest BCUT2D eigenvalue weighted by Gasteiger charge is -2.01. The van der Waals surface area contributed by atoms with E-state index in [1.807, 2.05) is 6.07 Å². The second kappa shape index (κ2) is 5.03. The zero-order valence-corrected chi connectivity index (χ0v) is 11.6. The Morgan fingerprint density at radius 2 is 2.21 bits per heavy atom. The zero-order chi connectivity index (χ0) is 14.0. The number of nitrogens with zero attached hydrogens (tertiary/aromatic N) is 3. The first-order valence-electron chi connectivity index (χ1n) is 5.46. The molecule has 0 aliphatic carbocycles. The standard InChI is InChI=1S/C12H10ClN3O2S/c1-2-19(17,18)16-8-10(7-15-16)11-4-3-9(6-14)5-12(11)13/h3-5,7-8H,2H2,1H3. The van der Waals surface area contributed by atoms with Crippen LogP contribution in [-0.2, 0) is 10.0 Å². The van der Waals surface area contributed by atoms with E-state index in [1.54, 1.807) is 19.1 Å². The highest BCUT2D eigenvalue weighted by atomic mass is 35.5. The fourth-order valence-corrected chi connectivity index (χ4v) is 2.57. The average molecular weight is 296 g/mol. The van der Waals surface area contributed by atoms with Gasteiger partial charge in [-0.2, -0.15) is 14.4 Å². The molecule has 0 radical (unpaired) electrons. The summed E-state index contributed by atoms with van der Waals surface area (Å²) in [6.45, 7) is 1.55. The first-order valence-corrected chi connectivity index (χ1v) is 7.44. The molecule has 0 aliphatic rings. The van der Waals surface area contributed by atoms with E-state index in [0.29, 0.717) is 21.7 Å². The summed E-state index contributed by atoms with van der Waals surface area (Å²) in [4.78, 5) is 0. The van der Waals surface area contributed by atoms with Gasteiger partial charge in [-0.05, 0) is 19.1 Å². The van der Waals surface area contributed by atoms with Gasteiger partial charge < -0.3 is 0 Å². The van der Waals surface area contributed by atoms with Gasteiger partial charge in [0, 0.05) is 16.1 Å². The maximum Gasteiger partial charge on any atom is 0.253 e. The van der Waals surface area contributed by atoms with Gasteiger partial charge in [-0.15, -0.1) is 0 Å². The molecule has 2 aromatic rings. The predicted octanol–water partition coefficient (Wildman–Crippen LogP) is 2.27. The lowest BCUT2D eigenvalue weighted by Crippen LogP contribution is -2.14. The Kier molecular flexibility index (Phi) is 3.60. The van der Waals surface area contributed by atoms with E-state index >= 15 is 0 Å². The van der Waals surface area contributed by atoms with Crippen LogP contribution in [-0.4, -0.2) is 23.4 Å². The second-order valence-corrected chi connectivity index (χ2v) is 6.33. The summed E-state index contributed by atoms with van der Waals surface area (Å²) in [5, 5.41) is 13.0. The van der Waals surface area contributed by atoms with Gasteiger partial charge in [0.1, 0.15) is 0 Å². The molecule has 0 atom stereocenters. The third-order valence-corrected chi connectivity index (χ3v) is 4.43. The summed E-state index contributed by atoms with van der Waals surface area (Å²) in [6.07, 6.45) is 2.84. The zero-order valence-electron chi connectivity index (χ0n) is 10.0. The summed E-state index contributed by atoms with van der Waals surface area (Å²) in [6, 6.07) is 6.80. The fraction of sp³-hybridized carbons (Fsp3) is 0.167. The molecule has 0 spiro atoms. The van der Waals surface area contributed by atoms with E-state index in [0.717, 1.165) is 4.09 Å². The van der Waals surface area contributed by atoms with Crippen LogP contribution in [0.2, 0.25) is 5.02 Å². The molecule has 2 rings (SSSR count). The number of rotatable bonds is 3. The molecular weight excluding hydrogens is 286 g/mol. The van der Waals surface area contributed by atoms with Crippen molar-refractivity contribution in [2.75, 3.05) is 5.75 Å². The average Bonchev–Trinajstić information content (AvgIpc) is 2.88. The SMILES string of the molecule is CCS(=O)(=O)n1cc(-c2ccc(C#N)cc2Cl)cn1. The van der Waals surface area contributed by atoms with Crippen molar-refractivity contribution in [3.05, 3.63) is 41.2 Å². The van der Waals surface area contributed by atoms with Gasteiger partial charge in [0.05, 0.1) is 29.8 Å². The first-order chi connectivity index (χ1) is 8.97. The molecule has 0 bridgehead atoms. The van der Waals surface area contributed by atoms with Crippen molar-refractivity contribution in [3.63, 3.8) is 0 Å². The number of hydrogen-bond donors (Lipinski definition) is 0. The van der Waals surface area contributed by atoms with Gasteiger partial charge in [0.15, 0.2) is 0 Å². The molecule has 19 heavy (non-hydrogen) atoms. The second-order valence-electron chi connectivity index (χ2n) is 3.81. The van der Waals surface area contributed by atoms with Gasteiger partial charge in [0.25, 0.3) is 10.0 Å². The van der Waals surface area contributed by atoms with Gasteiger partial charge in [-0.25, -0.2) is 8.42 Å². The van der Waals surface area contributed by atoms with Crippen molar-refractivity contribution in [2.24, 2.45) is 0 Å². The number of benzene rings is 1. The van der Waals surface area contributed by atoms with Gasteiger partial charge in [-0.3, -0.25) is 0 Å². The van der Waals surface area contributed by atoms with Crippen molar-refractivity contribution in [1.29, 1.82) is 5.26 Å². The maximum atomic E-state index is 11.7. The Bertz CT molecular complexity index is 760. The van der Waals surface area contributed by atoms with Crippen LogP contribution in [0, 0.1) is 11.3 Å². The third-order valence-electron chi connectivity index (χ3n) is 2.62. The Morgan fingerprint density at radius 1 is 1.47 bits per heavy atom. The molecule has 7 heteroatoms. The molecule has 98 valence electrons. The molecule has 0 N–H and O–H groups in total. The van der Waals surface area contributed by atoms with Crippen molar-refractivity contribution in [3.8, 4) is 17.2 Å². The Morgan fingerprint density at radius 3 is 2.79 bits per heavy atom. The summed E-state index contributed by atoms with van der Waals surface area (Å²) in [5.41, 5.74) is 1.67. The lowest BCUT2D eigenvalue weighted by atomic mass is 10.1. The Labute approximate surface area is 116 Å². The molecule has 1 aromatic heterocycles. The van der Waals surface area contributed by atoms with Crippen molar-refractivity contribution >= 4 is 21.6 Å². The highest BCUT2D eigenvalue weighted by Crippen LogP contribution is 2.28. The monoisotopic (exact) mass is 295 g/mol. The smallest absolute Gasteiger partial charge is 0.205 e. The van der Waals surface area contributed by atoms with Crippen molar-refractivity contribution in [1.82, 2.24) is 9.19 Å². The van der Waals surface area contributed by atoms with Crippen LogP contribution in [0.25, 0.3) is 11.1 Å². The number of halogens is 1. The van der Waals surface area contributed by atoms with Crippen LogP contribution < -0.4 is 0 Å². The molecular formula is C12H10ClN3O2S. The van der Waals surface area contributed by atoms with E-state index in [9.17, 15) is 8.42 Å². The minimum Gasteiger partial charge on any atom is -0.205 e. The molecule has 1 aromatic carbocycles. The summed E-state index contributed by atoms with van der Waals surface area (Å²) >= 11 is 6.06. The number of nitriles is 1. The predicted molar refractivity (Wildman–Crippen MR) is 72.2 cm³/mol. The maximum absolute atomic E-state index is 11.7. The highest BCUT2D eigenvalue weighted by Gasteiger charge is 2.14. The Hall–Kier alpha value is -1.84. The van der Waals surface area contributed by atoms with Crippen LogP contribution in [0.5, 0.6) is 0 Å². The third kappa shape index (κ3) is 2.62. The molecule has 0 fully saturated rings. The minimum absolute atomic E-state index is 0.0325. The van der Waals surface area contributed by atoms with Crippen molar-refractivity contribution < 1.29 is 8.42 Å². The highest BCUT2D eigenvalue weighted by molar-refractivity contribution is 7.89. The lowest BCUT2D eigenvalue weighted by molar-refractivity contribution is 0.581. The van der Waals surface area contributed by atoms with Crippen LogP contribution in [0.4, 0.5) is 0 Å². The van der Waals surface area contributed by atoms with E-state index in [4.69, 9.17) is 16.9 Å². The van der Waals surface area contributed by atoms with Gasteiger partial charge in [0.2, 0.25) is 0 Å². The minimum atomic E-state index is -3.40. The normalized spacial score (nSPS) is 11.2.